The third kappa shape index (κ3) is 2.54. The first-order chi connectivity index (χ1) is 11.9. The highest BCUT2D eigenvalue weighted by Crippen LogP contribution is 2.39. The van der Waals surface area contributed by atoms with Gasteiger partial charge in [0.15, 0.2) is 0 Å². The Bertz CT molecular complexity index is 890. The normalized spacial score (nSPS) is 27.2. The molecule has 1 amide bonds. The second kappa shape index (κ2) is 5.79. The summed E-state index contributed by atoms with van der Waals surface area (Å²) in [5, 5.41) is 13.1. The molecule has 0 saturated carbocycles. The molecule has 0 aliphatic carbocycles. The Labute approximate surface area is 150 Å². The number of halogens is 1. The van der Waals surface area contributed by atoms with Gasteiger partial charge in [0, 0.05) is 11.6 Å². The lowest BCUT2D eigenvalue weighted by molar-refractivity contribution is -0.0377. The molecule has 3 aliphatic heterocycles. The monoisotopic (exact) mass is 357 g/mol. The molecule has 2 bridgehead atoms. The van der Waals surface area contributed by atoms with Crippen molar-refractivity contribution < 1.29 is 9.18 Å². The average molecular weight is 357 g/mol. The number of fused-ring (bicyclic) bond motifs is 4. The van der Waals surface area contributed by atoms with Crippen LogP contribution in [0.25, 0.3) is 10.1 Å². The van der Waals surface area contributed by atoms with Crippen LogP contribution in [-0.4, -0.2) is 35.5 Å². The molecule has 1 N–H and O–H groups in total. The lowest BCUT2D eigenvalue weighted by Gasteiger charge is -2.56. The molecule has 0 unspecified atom stereocenters. The van der Waals surface area contributed by atoms with Gasteiger partial charge in [-0.2, -0.15) is 5.26 Å². The van der Waals surface area contributed by atoms with Crippen molar-refractivity contribution in [3.63, 3.8) is 0 Å². The fourth-order valence-electron chi connectivity index (χ4n) is 4.38. The summed E-state index contributed by atoms with van der Waals surface area (Å²) in [6, 6.07) is 6.67. The van der Waals surface area contributed by atoms with Crippen molar-refractivity contribution in [2.75, 3.05) is 13.1 Å². The van der Waals surface area contributed by atoms with E-state index in [0.29, 0.717) is 15.5 Å². The standard InChI is InChI=1S/C19H20FN3OS/c1-19(2)17(11-5-7-23(19)8-6-11)22-18(24)15-9-12-3-4-14(20)13(10-21)16(12)25-15/h3-4,9,11,17H,5-8H2,1-2H3,(H,22,24)/t17-/m0/s1. The van der Waals surface area contributed by atoms with E-state index in [1.807, 2.05) is 6.07 Å². The summed E-state index contributed by atoms with van der Waals surface area (Å²) in [5.74, 6) is -0.162. The first-order valence-corrected chi connectivity index (χ1v) is 9.41. The maximum Gasteiger partial charge on any atom is 0.261 e. The Morgan fingerprint density at radius 1 is 1.40 bits per heavy atom. The number of carbonyl (C=O) groups excluding carboxylic acids is 1. The van der Waals surface area contributed by atoms with E-state index >= 15 is 0 Å². The van der Waals surface area contributed by atoms with Crippen molar-refractivity contribution in [1.29, 1.82) is 5.26 Å². The largest absolute Gasteiger partial charge is 0.346 e. The topological polar surface area (TPSA) is 56.1 Å². The summed E-state index contributed by atoms with van der Waals surface area (Å²) in [7, 11) is 0. The zero-order valence-electron chi connectivity index (χ0n) is 14.3. The fourth-order valence-corrected chi connectivity index (χ4v) is 5.43. The van der Waals surface area contributed by atoms with Gasteiger partial charge in [-0.1, -0.05) is 6.07 Å². The maximum atomic E-state index is 13.8. The highest BCUT2D eigenvalue weighted by atomic mass is 32.1. The quantitative estimate of drug-likeness (QED) is 0.895. The van der Waals surface area contributed by atoms with Gasteiger partial charge >= 0.3 is 0 Å². The van der Waals surface area contributed by atoms with Crippen molar-refractivity contribution in [3.8, 4) is 6.07 Å². The fraction of sp³-hybridized carbons (Fsp3) is 0.474. The van der Waals surface area contributed by atoms with Crippen LogP contribution in [-0.2, 0) is 0 Å². The van der Waals surface area contributed by atoms with Crippen LogP contribution in [0.4, 0.5) is 4.39 Å². The van der Waals surface area contributed by atoms with Gasteiger partial charge in [0.05, 0.1) is 9.58 Å². The molecule has 6 heteroatoms. The van der Waals surface area contributed by atoms with Gasteiger partial charge in [-0.3, -0.25) is 9.69 Å². The molecule has 1 aromatic heterocycles. The molecule has 0 spiro atoms. The van der Waals surface area contributed by atoms with Crippen LogP contribution in [0.1, 0.15) is 41.9 Å². The average Bonchev–Trinajstić information content (AvgIpc) is 3.02. The number of piperidine rings is 3. The van der Waals surface area contributed by atoms with E-state index in [-0.39, 0.29) is 23.1 Å². The van der Waals surface area contributed by atoms with E-state index < -0.39 is 5.82 Å². The van der Waals surface area contributed by atoms with E-state index in [4.69, 9.17) is 0 Å². The van der Waals surface area contributed by atoms with E-state index in [1.165, 1.54) is 17.4 Å². The number of carbonyl (C=O) groups is 1. The minimum atomic E-state index is -0.540. The van der Waals surface area contributed by atoms with Crippen molar-refractivity contribution >= 4 is 27.3 Å². The van der Waals surface area contributed by atoms with E-state index in [1.54, 1.807) is 12.1 Å². The number of nitrogens with zero attached hydrogens (tertiary/aromatic N) is 2. The Kier molecular flexibility index (Phi) is 3.82. The van der Waals surface area contributed by atoms with Crippen molar-refractivity contribution in [3.05, 3.63) is 34.5 Å². The van der Waals surface area contributed by atoms with Gasteiger partial charge in [-0.25, -0.2) is 4.39 Å². The number of hydrogen-bond donors (Lipinski definition) is 1. The molecule has 25 heavy (non-hydrogen) atoms. The predicted molar refractivity (Wildman–Crippen MR) is 96.1 cm³/mol. The third-order valence-electron chi connectivity index (χ3n) is 5.85. The van der Waals surface area contributed by atoms with Crippen LogP contribution < -0.4 is 5.32 Å². The van der Waals surface area contributed by atoms with E-state index in [2.05, 4.69) is 24.1 Å². The zero-order valence-corrected chi connectivity index (χ0v) is 15.1. The molecule has 2 aromatic rings. The molecule has 1 atom stereocenters. The van der Waals surface area contributed by atoms with E-state index in [0.717, 1.165) is 31.3 Å². The van der Waals surface area contributed by atoms with Crippen molar-refractivity contribution in [1.82, 2.24) is 10.2 Å². The molecule has 3 aliphatic rings. The molecular formula is C19H20FN3OS. The van der Waals surface area contributed by atoms with Crippen LogP contribution in [0, 0.1) is 23.1 Å². The Morgan fingerprint density at radius 2 is 2.12 bits per heavy atom. The lowest BCUT2D eigenvalue weighted by atomic mass is 9.72. The van der Waals surface area contributed by atoms with Crippen LogP contribution in [0.15, 0.2) is 18.2 Å². The molecule has 0 radical (unpaired) electrons. The second-order valence-electron chi connectivity index (χ2n) is 7.49. The summed E-state index contributed by atoms with van der Waals surface area (Å²) in [6.45, 7) is 6.57. The lowest BCUT2D eigenvalue weighted by Crippen LogP contribution is -2.69. The van der Waals surface area contributed by atoms with Crippen LogP contribution in [0.3, 0.4) is 0 Å². The number of nitrogens with one attached hydrogen (secondary N) is 1. The Balaban J connectivity index is 1.64. The van der Waals surface area contributed by atoms with Crippen molar-refractivity contribution in [2.24, 2.45) is 5.92 Å². The highest BCUT2D eigenvalue weighted by molar-refractivity contribution is 7.21. The number of rotatable bonds is 2. The van der Waals surface area contributed by atoms with Crippen LogP contribution in [0.2, 0.25) is 0 Å². The highest BCUT2D eigenvalue weighted by Gasteiger charge is 2.48. The first kappa shape index (κ1) is 16.5. The SMILES string of the molecule is CC1(C)[C@@H](NC(=O)c2cc3ccc(F)c(C#N)c3s2)C2CCN1CC2. The van der Waals surface area contributed by atoms with E-state index in [9.17, 15) is 14.4 Å². The third-order valence-corrected chi connectivity index (χ3v) is 7.01. The summed E-state index contributed by atoms with van der Waals surface area (Å²) < 4.78 is 14.3. The summed E-state index contributed by atoms with van der Waals surface area (Å²) in [5.41, 5.74) is -0.0398. The number of hydrogen-bond acceptors (Lipinski definition) is 4. The summed E-state index contributed by atoms with van der Waals surface area (Å²) in [6.07, 6.45) is 2.23. The molecular weight excluding hydrogens is 337 g/mol. The number of thiophene rings is 1. The predicted octanol–water partition coefficient (Wildman–Crippen LogP) is 3.51. The Hall–Kier alpha value is -1.97. The molecule has 4 heterocycles. The van der Waals surface area contributed by atoms with Gasteiger partial charge in [0.2, 0.25) is 0 Å². The molecule has 3 fully saturated rings. The number of nitriles is 1. The smallest absolute Gasteiger partial charge is 0.261 e. The zero-order chi connectivity index (χ0) is 17.8. The van der Waals surface area contributed by atoms with Gasteiger partial charge in [0.25, 0.3) is 5.91 Å². The summed E-state index contributed by atoms with van der Waals surface area (Å²) in [4.78, 5) is 15.8. The second-order valence-corrected chi connectivity index (χ2v) is 8.54. The molecule has 1 aromatic carbocycles. The van der Waals surface area contributed by atoms with Gasteiger partial charge < -0.3 is 5.32 Å². The summed E-state index contributed by atoms with van der Waals surface area (Å²) >= 11 is 1.19. The van der Waals surface area contributed by atoms with Crippen LogP contribution >= 0.6 is 11.3 Å². The molecule has 5 rings (SSSR count). The molecule has 3 saturated heterocycles. The van der Waals surface area contributed by atoms with Crippen LogP contribution in [0.5, 0.6) is 0 Å². The van der Waals surface area contributed by atoms with Crippen molar-refractivity contribution in [2.45, 2.75) is 38.3 Å². The minimum Gasteiger partial charge on any atom is -0.346 e. The number of benzene rings is 1. The Morgan fingerprint density at radius 3 is 2.76 bits per heavy atom. The number of amides is 1. The van der Waals surface area contributed by atoms with Gasteiger partial charge in [-0.15, -0.1) is 11.3 Å². The minimum absolute atomic E-state index is 0.0183. The first-order valence-electron chi connectivity index (χ1n) is 8.60. The maximum absolute atomic E-state index is 13.8. The van der Waals surface area contributed by atoms with Gasteiger partial charge in [0.1, 0.15) is 17.4 Å². The molecule has 130 valence electrons. The van der Waals surface area contributed by atoms with Gasteiger partial charge in [-0.05, 0) is 63.2 Å². The molecule has 4 nitrogen and oxygen atoms in total.